The Bertz CT molecular complexity index is 745. The summed E-state index contributed by atoms with van der Waals surface area (Å²) in [7, 11) is -3.87. The molecule has 0 aromatic heterocycles. The Morgan fingerprint density at radius 3 is 2.57 bits per heavy atom. The Labute approximate surface area is 123 Å². The number of benzene rings is 2. The van der Waals surface area contributed by atoms with Crippen molar-refractivity contribution in [2.24, 2.45) is 5.73 Å². The fourth-order valence-electron chi connectivity index (χ4n) is 2.05. The summed E-state index contributed by atoms with van der Waals surface area (Å²) < 4.78 is 40.9. The number of sulfonamides is 1. The Hall–Kier alpha value is -1.92. The maximum absolute atomic E-state index is 13.7. The second-order valence-electron chi connectivity index (χ2n) is 4.58. The van der Waals surface area contributed by atoms with Crippen LogP contribution in [0, 0.1) is 5.82 Å². The van der Waals surface area contributed by atoms with E-state index in [2.05, 4.69) is 4.72 Å². The topological polar surface area (TPSA) is 72.2 Å². The molecule has 0 saturated heterocycles. The number of nitrogens with one attached hydrogen (secondary N) is 1. The van der Waals surface area contributed by atoms with E-state index in [9.17, 15) is 12.8 Å². The standard InChI is InChI=1S/C15H17FN2O2S/c1-2-11-5-3-6-12(9-11)18-21(19,20)15-8-4-7-14(16)13(15)10-17/h3-9,18H,2,10,17H2,1H3. The van der Waals surface area contributed by atoms with Crippen molar-refractivity contribution in [1.29, 1.82) is 0 Å². The third-order valence-corrected chi connectivity index (χ3v) is 4.62. The predicted octanol–water partition coefficient (Wildman–Crippen LogP) is 2.65. The highest BCUT2D eigenvalue weighted by molar-refractivity contribution is 7.92. The number of hydrogen-bond donors (Lipinski definition) is 2. The van der Waals surface area contributed by atoms with E-state index in [0.717, 1.165) is 12.0 Å². The molecule has 0 aliphatic rings. The van der Waals surface area contributed by atoms with E-state index in [-0.39, 0.29) is 17.0 Å². The zero-order valence-electron chi connectivity index (χ0n) is 11.6. The molecule has 2 aromatic carbocycles. The van der Waals surface area contributed by atoms with Crippen molar-refractivity contribution in [2.45, 2.75) is 24.8 Å². The highest BCUT2D eigenvalue weighted by Crippen LogP contribution is 2.22. The van der Waals surface area contributed by atoms with E-state index in [1.54, 1.807) is 18.2 Å². The van der Waals surface area contributed by atoms with Crippen LogP contribution >= 0.6 is 0 Å². The van der Waals surface area contributed by atoms with Gasteiger partial charge in [0.25, 0.3) is 10.0 Å². The quantitative estimate of drug-likeness (QED) is 0.892. The van der Waals surface area contributed by atoms with Crippen molar-refractivity contribution in [3.05, 3.63) is 59.4 Å². The Kier molecular flexibility index (Phi) is 4.59. The van der Waals surface area contributed by atoms with E-state index in [1.165, 1.54) is 18.2 Å². The van der Waals surface area contributed by atoms with Gasteiger partial charge in [-0.15, -0.1) is 0 Å². The molecule has 0 aliphatic heterocycles. The van der Waals surface area contributed by atoms with Gasteiger partial charge in [-0.3, -0.25) is 4.72 Å². The van der Waals surface area contributed by atoms with Gasteiger partial charge in [0, 0.05) is 17.8 Å². The molecule has 0 amide bonds. The van der Waals surface area contributed by atoms with E-state index in [4.69, 9.17) is 5.73 Å². The van der Waals surface area contributed by atoms with Gasteiger partial charge < -0.3 is 5.73 Å². The van der Waals surface area contributed by atoms with Crippen LogP contribution in [-0.4, -0.2) is 8.42 Å². The molecule has 21 heavy (non-hydrogen) atoms. The highest BCUT2D eigenvalue weighted by Gasteiger charge is 2.20. The molecule has 0 spiro atoms. The van der Waals surface area contributed by atoms with Gasteiger partial charge in [0.1, 0.15) is 5.82 Å². The van der Waals surface area contributed by atoms with Gasteiger partial charge in [-0.1, -0.05) is 25.1 Å². The van der Waals surface area contributed by atoms with Crippen molar-refractivity contribution in [3.8, 4) is 0 Å². The maximum atomic E-state index is 13.7. The minimum absolute atomic E-state index is 0.0170. The molecular formula is C15H17FN2O2S. The molecule has 0 fully saturated rings. The van der Waals surface area contributed by atoms with Gasteiger partial charge in [0.2, 0.25) is 0 Å². The van der Waals surface area contributed by atoms with Crippen LogP contribution in [0.5, 0.6) is 0 Å². The molecule has 2 rings (SSSR count). The zero-order chi connectivity index (χ0) is 15.5. The number of nitrogens with two attached hydrogens (primary N) is 1. The average molecular weight is 308 g/mol. The van der Waals surface area contributed by atoms with Gasteiger partial charge in [-0.05, 0) is 36.2 Å². The summed E-state index contributed by atoms with van der Waals surface area (Å²) in [6.45, 7) is 1.80. The van der Waals surface area contributed by atoms with Crippen LogP contribution in [0.2, 0.25) is 0 Å². The third-order valence-electron chi connectivity index (χ3n) is 3.16. The summed E-state index contributed by atoms with van der Waals surface area (Å²) in [4.78, 5) is -0.132. The van der Waals surface area contributed by atoms with Crippen molar-refractivity contribution in [2.75, 3.05) is 4.72 Å². The smallest absolute Gasteiger partial charge is 0.262 e. The van der Waals surface area contributed by atoms with Gasteiger partial charge in [0.05, 0.1) is 4.90 Å². The summed E-state index contributed by atoms with van der Waals surface area (Å²) in [6.07, 6.45) is 0.795. The first kappa shape index (κ1) is 15.5. The molecule has 0 atom stereocenters. The summed E-state index contributed by atoms with van der Waals surface area (Å²) in [6, 6.07) is 11.0. The summed E-state index contributed by atoms with van der Waals surface area (Å²) >= 11 is 0. The molecule has 2 aromatic rings. The Balaban J connectivity index is 2.41. The van der Waals surface area contributed by atoms with E-state index in [1.807, 2.05) is 13.0 Å². The number of anilines is 1. The molecule has 4 nitrogen and oxygen atoms in total. The number of aryl methyl sites for hydroxylation is 1. The number of halogens is 1. The van der Waals surface area contributed by atoms with E-state index in [0.29, 0.717) is 5.69 Å². The van der Waals surface area contributed by atoms with Crippen LogP contribution in [0.3, 0.4) is 0 Å². The molecular weight excluding hydrogens is 291 g/mol. The minimum Gasteiger partial charge on any atom is -0.326 e. The first-order valence-electron chi connectivity index (χ1n) is 6.57. The highest BCUT2D eigenvalue weighted by atomic mass is 32.2. The molecule has 0 saturated carbocycles. The predicted molar refractivity (Wildman–Crippen MR) is 80.9 cm³/mol. The summed E-state index contributed by atoms with van der Waals surface area (Å²) in [5.74, 6) is -0.623. The molecule has 0 radical (unpaired) electrons. The number of hydrogen-bond acceptors (Lipinski definition) is 3. The lowest BCUT2D eigenvalue weighted by Crippen LogP contribution is -2.17. The monoisotopic (exact) mass is 308 g/mol. The SMILES string of the molecule is CCc1cccc(NS(=O)(=O)c2cccc(F)c2CN)c1. The average Bonchev–Trinajstić information content (AvgIpc) is 2.46. The molecule has 112 valence electrons. The molecule has 0 heterocycles. The van der Waals surface area contributed by atoms with Gasteiger partial charge in [0.15, 0.2) is 0 Å². The van der Waals surface area contributed by atoms with E-state index >= 15 is 0 Å². The van der Waals surface area contributed by atoms with Crippen molar-refractivity contribution in [3.63, 3.8) is 0 Å². The lowest BCUT2D eigenvalue weighted by Gasteiger charge is -2.12. The lowest BCUT2D eigenvalue weighted by molar-refractivity contribution is 0.585. The lowest BCUT2D eigenvalue weighted by atomic mass is 10.1. The summed E-state index contributed by atoms with van der Waals surface area (Å²) in [5, 5.41) is 0. The summed E-state index contributed by atoms with van der Waals surface area (Å²) in [5.41, 5.74) is 6.89. The molecule has 0 aliphatic carbocycles. The molecule has 6 heteroatoms. The number of rotatable bonds is 5. The Morgan fingerprint density at radius 2 is 1.90 bits per heavy atom. The second kappa shape index (κ2) is 6.24. The Morgan fingerprint density at radius 1 is 1.19 bits per heavy atom. The third kappa shape index (κ3) is 3.40. The van der Waals surface area contributed by atoms with Crippen molar-refractivity contribution >= 4 is 15.7 Å². The van der Waals surface area contributed by atoms with E-state index < -0.39 is 15.8 Å². The fourth-order valence-corrected chi connectivity index (χ4v) is 3.36. The van der Waals surface area contributed by atoms with Crippen LogP contribution in [-0.2, 0) is 23.0 Å². The maximum Gasteiger partial charge on any atom is 0.262 e. The van der Waals surface area contributed by atoms with Gasteiger partial charge in [-0.2, -0.15) is 0 Å². The van der Waals surface area contributed by atoms with Crippen LogP contribution in [0.1, 0.15) is 18.1 Å². The zero-order valence-corrected chi connectivity index (χ0v) is 12.5. The van der Waals surface area contributed by atoms with Crippen molar-refractivity contribution < 1.29 is 12.8 Å². The molecule has 3 N–H and O–H groups in total. The molecule has 0 unspecified atom stereocenters. The van der Waals surface area contributed by atoms with Crippen LogP contribution in [0.4, 0.5) is 10.1 Å². The fraction of sp³-hybridized carbons (Fsp3) is 0.200. The molecule has 0 bridgehead atoms. The largest absolute Gasteiger partial charge is 0.326 e. The van der Waals surface area contributed by atoms with Crippen LogP contribution in [0.15, 0.2) is 47.4 Å². The normalized spacial score (nSPS) is 11.4. The minimum atomic E-state index is -3.87. The van der Waals surface area contributed by atoms with Crippen molar-refractivity contribution in [1.82, 2.24) is 0 Å². The van der Waals surface area contributed by atoms with Gasteiger partial charge >= 0.3 is 0 Å². The van der Waals surface area contributed by atoms with Gasteiger partial charge in [-0.25, -0.2) is 12.8 Å². The first-order chi connectivity index (χ1) is 9.97. The van der Waals surface area contributed by atoms with Crippen LogP contribution in [0.25, 0.3) is 0 Å². The van der Waals surface area contributed by atoms with Crippen LogP contribution < -0.4 is 10.5 Å². The first-order valence-corrected chi connectivity index (χ1v) is 8.05. The second-order valence-corrected chi connectivity index (χ2v) is 6.23.